The number of thiazole rings is 1. The van der Waals surface area contributed by atoms with Crippen LogP contribution in [0, 0.1) is 13.8 Å². The fourth-order valence-corrected chi connectivity index (χ4v) is 5.34. The van der Waals surface area contributed by atoms with E-state index in [1.54, 1.807) is 17.5 Å². The summed E-state index contributed by atoms with van der Waals surface area (Å²) in [5.41, 5.74) is 3.81. The number of aromatic nitrogens is 5. The number of morpholine rings is 1. The molecule has 0 spiro atoms. The van der Waals surface area contributed by atoms with E-state index in [0.29, 0.717) is 17.9 Å². The lowest BCUT2D eigenvalue weighted by atomic mass is 10.1. The second-order valence-electron chi connectivity index (χ2n) is 8.55. The van der Waals surface area contributed by atoms with Crippen molar-refractivity contribution in [3.63, 3.8) is 0 Å². The van der Waals surface area contributed by atoms with Gasteiger partial charge >= 0.3 is 0 Å². The van der Waals surface area contributed by atoms with Gasteiger partial charge in [0.25, 0.3) is 0 Å². The van der Waals surface area contributed by atoms with Crippen LogP contribution in [0.5, 0.6) is 0 Å². The zero-order chi connectivity index (χ0) is 22.4. The highest BCUT2D eigenvalue weighted by molar-refractivity contribution is 7.21. The molecule has 4 aromatic rings. The second-order valence-corrected chi connectivity index (χ2v) is 9.58. The number of ether oxygens (including phenoxy) is 1. The van der Waals surface area contributed by atoms with Crippen LogP contribution in [0.1, 0.15) is 11.3 Å². The zero-order valence-electron chi connectivity index (χ0n) is 18.4. The molecule has 6 heterocycles. The summed E-state index contributed by atoms with van der Waals surface area (Å²) < 4.78 is 6.68. The van der Waals surface area contributed by atoms with Crippen molar-refractivity contribution in [1.29, 1.82) is 0 Å². The molecule has 2 unspecified atom stereocenters. The summed E-state index contributed by atoms with van der Waals surface area (Å²) >= 11 is 1.60. The van der Waals surface area contributed by atoms with Crippen LogP contribution in [0.15, 0.2) is 36.7 Å². The predicted molar refractivity (Wildman–Crippen MR) is 129 cm³/mol. The standard InChI is InChI=1S/C23H24N8OS/c1-13-4-3-5-24-21(13)22-28-17-7-19(25-8-18(17)33-22)29-20-6-14(2)26-23(30-20)31-9-15-11-32-12-16(10-31)27-15/h3-8,15-16,27H,9-12H2,1-2H3,(H,25,26,29,30). The van der Waals surface area contributed by atoms with Crippen LogP contribution in [0.4, 0.5) is 17.6 Å². The number of hydrogen-bond donors (Lipinski definition) is 2. The Kier molecular flexibility index (Phi) is 5.12. The van der Waals surface area contributed by atoms with Gasteiger partial charge in [0.2, 0.25) is 5.95 Å². The quantitative estimate of drug-likeness (QED) is 0.476. The SMILES string of the molecule is Cc1cc(Nc2cc3nc(-c4ncccc4C)sc3cn2)nc(N2CC3COCC(C2)N3)n1. The molecule has 2 aliphatic rings. The summed E-state index contributed by atoms with van der Waals surface area (Å²) in [4.78, 5) is 25.6. The molecule has 0 aliphatic carbocycles. The van der Waals surface area contributed by atoms with Gasteiger partial charge in [-0.3, -0.25) is 4.98 Å². The van der Waals surface area contributed by atoms with Crippen molar-refractivity contribution >= 4 is 39.1 Å². The van der Waals surface area contributed by atoms with Crippen LogP contribution in [0.25, 0.3) is 20.9 Å². The van der Waals surface area contributed by atoms with Gasteiger partial charge in [-0.1, -0.05) is 6.07 Å². The number of anilines is 3. The van der Waals surface area contributed by atoms with Crippen LogP contribution in [0.2, 0.25) is 0 Å². The van der Waals surface area contributed by atoms with Crippen LogP contribution >= 0.6 is 11.3 Å². The van der Waals surface area contributed by atoms with Gasteiger partial charge in [-0.05, 0) is 25.5 Å². The third kappa shape index (κ3) is 4.12. The molecule has 0 aromatic carbocycles. The number of rotatable bonds is 4. The van der Waals surface area contributed by atoms with Crippen molar-refractivity contribution in [2.45, 2.75) is 25.9 Å². The molecule has 2 bridgehead atoms. The summed E-state index contributed by atoms with van der Waals surface area (Å²) in [6.45, 7) is 7.15. The smallest absolute Gasteiger partial charge is 0.227 e. The molecule has 2 N–H and O–H groups in total. The van der Waals surface area contributed by atoms with Gasteiger partial charge in [-0.15, -0.1) is 11.3 Å². The highest BCUT2D eigenvalue weighted by Crippen LogP contribution is 2.31. The lowest BCUT2D eigenvalue weighted by Gasteiger charge is -2.42. The molecule has 2 fully saturated rings. The number of nitrogens with one attached hydrogen (secondary N) is 2. The topological polar surface area (TPSA) is 101 Å². The Morgan fingerprint density at radius 1 is 1.06 bits per heavy atom. The normalized spacial score (nSPS) is 20.2. The van der Waals surface area contributed by atoms with E-state index in [-0.39, 0.29) is 0 Å². The maximum atomic E-state index is 5.66. The molecule has 2 aliphatic heterocycles. The maximum Gasteiger partial charge on any atom is 0.227 e. The number of piperazine rings is 1. The van der Waals surface area contributed by atoms with E-state index in [1.807, 2.05) is 44.3 Å². The minimum absolute atomic E-state index is 0.309. The second kappa shape index (κ2) is 8.29. The van der Waals surface area contributed by atoms with Gasteiger partial charge in [-0.25, -0.2) is 15.0 Å². The lowest BCUT2D eigenvalue weighted by molar-refractivity contribution is 0.0373. The van der Waals surface area contributed by atoms with Crippen LogP contribution in [0.3, 0.4) is 0 Å². The minimum atomic E-state index is 0.309. The van der Waals surface area contributed by atoms with Gasteiger partial charge < -0.3 is 20.3 Å². The molecule has 6 rings (SSSR count). The number of pyridine rings is 2. The van der Waals surface area contributed by atoms with Crippen molar-refractivity contribution in [3.8, 4) is 10.7 Å². The fourth-order valence-electron chi connectivity index (χ4n) is 4.37. The molecule has 33 heavy (non-hydrogen) atoms. The van der Waals surface area contributed by atoms with Gasteiger partial charge in [0.15, 0.2) is 0 Å². The van der Waals surface area contributed by atoms with Crippen molar-refractivity contribution in [3.05, 3.63) is 47.9 Å². The zero-order valence-corrected chi connectivity index (χ0v) is 19.3. The summed E-state index contributed by atoms with van der Waals surface area (Å²) in [5, 5.41) is 7.84. The largest absolute Gasteiger partial charge is 0.378 e. The molecule has 10 heteroatoms. The Bertz CT molecular complexity index is 1310. The molecule has 2 atom stereocenters. The van der Waals surface area contributed by atoms with Crippen molar-refractivity contribution in [2.75, 3.05) is 36.5 Å². The average Bonchev–Trinajstić information content (AvgIpc) is 3.22. The van der Waals surface area contributed by atoms with Gasteiger partial charge in [0, 0.05) is 55.4 Å². The minimum Gasteiger partial charge on any atom is -0.378 e. The summed E-state index contributed by atoms with van der Waals surface area (Å²) in [7, 11) is 0. The first-order valence-corrected chi connectivity index (χ1v) is 11.8. The van der Waals surface area contributed by atoms with Gasteiger partial charge in [0.1, 0.15) is 22.3 Å². The molecule has 168 valence electrons. The molecular weight excluding hydrogens is 436 g/mol. The van der Waals surface area contributed by atoms with Gasteiger partial charge in [-0.2, -0.15) is 4.98 Å². The first-order chi connectivity index (χ1) is 16.1. The van der Waals surface area contributed by atoms with E-state index >= 15 is 0 Å². The molecule has 0 radical (unpaired) electrons. The van der Waals surface area contributed by atoms with Crippen molar-refractivity contribution < 1.29 is 4.74 Å². The Labute approximate surface area is 195 Å². The van der Waals surface area contributed by atoms with Gasteiger partial charge in [0.05, 0.1) is 23.4 Å². The van der Waals surface area contributed by atoms with E-state index in [1.165, 1.54) is 0 Å². The van der Waals surface area contributed by atoms with E-state index < -0.39 is 0 Å². The fraction of sp³-hybridized carbons (Fsp3) is 0.348. The summed E-state index contributed by atoms with van der Waals surface area (Å²) in [6, 6.07) is 8.50. The van der Waals surface area contributed by atoms with Crippen LogP contribution < -0.4 is 15.5 Å². The molecule has 9 nitrogen and oxygen atoms in total. The number of nitrogens with zero attached hydrogens (tertiary/aromatic N) is 6. The summed E-state index contributed by atoms with van der Waals surface area (Å²) in [5.74, 6) is 2.16. The molecular formula is C23H24N8OS. The number of aryl methyl sites for hydroxylation is 2. The van der Waals surface area contributed by atoms with E-state index in [4.69, 9.17) is 14.7 Å². The van der Waals surface area contributed by atoms with E-state index in [2.05, 4.69) is 30.5 Å². The molecule has 2 saturated heterocycles. The lowest BCUT2D eigenvalue weighted by Crippen LogP contribution is -2.63. The van der Waals surface area contributed by atoms with E-state index in [9.17, 15) is 0 Å². The Morgan fingerprint density at radius 2 is 1.91 bits per heavy atom. The third-order valence-electron chi connectivity index (χ3n) is 5.86. The first-order valence-electron chi connectivity index (χ1n) is 11.0. The number of hydrogen-bond acceptors (Lipinski definition) is 10. The highest BCUT2D eigenvalue weighted by Gasteiger charge is 2.31. The first kappa shape index (κ1) is 20.4. The monoisotopic (exact) mass is 460 g/mol. The third-order valence-corrected chi connectivity index (χ3v) is 6.87. The van der Waals surface area contributed by atoms with E-state index in [0.717, 1.165) is 70.2 Å². The highest BCUT2D eigenvalue weighted by atomic mass is 32.1. The van der Waals surface area contributed by atoms with Crippen LogP contribution in [-0.4, -0.2) is 63.3 Å². The Balaban J connectivity index is 1.26. The average molecular weight is 461 g/mol. The van der Waals surface area contributed by atoms with Crippen molar-refractivity contribution in [2.24, 2.45) is 0 Å². The summed E-state index contributed by atoms with van der Waals surface area (Å²) in [6.07, 6.45) is 3.65. The Morgan fingerprint density at radius 3 is 2.73 bits per heavy atom. The Hall–Kier alpha value is -3.21. The predicted octanol–water partition coefficient (Wildman–Crippen LogP) is 3.08. The van der Waals surface area contributed by atoms with Crippen LogP contribution in [-0.2, 0) is 4.74 Å². The molecule has 0 saturated carbocycles. The number of fused-ring (bicyclic) bond motifs is 3. The molecule has 4 aromatic heterocycles. The maximum absolute atomic E-state index is 5.66. The van der Waals surface area contributed by atoms with Crippen molar-refractivity contribution in [1.82, 2.24) is 30.2 Å². The molecule has 0 amide bonds.